The Morgan fingerprint density at radius 2 is 2.25 bits per heavy atom. The highest BCUT2D eigenvalue weighted by molar-refractivity contribution is 9.10. The number of carboxylic acid groups (broad SMARTS) is 1. The average molecular weight is 339 g/mol. The molecule has 0 saturated carbocycles. The van der Waals surface area contributed by atoms with Gasteiger partial charge in [-0.2, -0.15) is 0 Å². The fourth-order valence-corrected chi connectivity index (χ4v) is 2.01. The summed E-state index contributed by atoms with van der Waals surface area (Å²) in [6.45, 7) is 2.31. The van der Waals surface area contributed by atoms with E-state index in [2.05, 4.69) is 25.9 Å². The Labute approximate surface area is 122 Å². The van der Waals surface area contributed by atoms with Gasteiger partial charge in [-0.3, -0.25) is 4.79 Å². The first-order chi connectivity index (χ1) is 9.52. The van der Waals surface area contributed by atoms with Gasteiger partial charge in [0.2, 0.25) is 0 Å². The highest BCUT2D eigenvalue weighted by Gasteiger charge is 2.13. The van der Waals surface area contributed by atoms with Crippen molar-refractivity contribution in [1.82, 2.24) is 9.97 Å². The summed E-state index contributed by atoms with van der Waals surface area (Å²) < 4.78 is 6.26. The zero-order chi connectivity index (χ0) is 14.7. The standard InChI is InChI=1S/C13H11BrN2O4/c1-2-20-10-4-3-7(14)5-8(10)11-15-6-9(13(18)19)12(17)16-11/h3-6H,2H2,1H3,(H,18,19)(H,15,16,17). The maximum Gasteiger partial charge on any atom is 0.342 e. The fourth-order valence-electron chi connectivity index (χ4n) is 1.65. The maximum atomic E-state index is 11.7. The molecule has 2 N–H and O–H groups in total. The molecule has 0 aliphatic heterocycles. The summed E-state index contributed by atoms with van der Waals surface area (Å²) in [5.74, 6) is -0.503. The molecule has 20 heavy (non-hydrogen) atoms. The Hall–Kier alpha value is -2.15. The van der Waals surface area contributed by atoms with Crippen molar-refractivity contribution < 1.29 is 14.6 Å². The van der Waals surface area contributed by atoms with Crippen molar-refractivity contribution in [2.45, 2.75) is 6.92 Å². The van der Waals surface area contributed by atoms with E-state index in [-0.39, 0.29) is 5.82 Å². The summed E-state index contributed by atoms with van der Waals surface area (Å²) in [6.07, 6.45) is 1.03. The highest BCUT2D eigenvalue weighted by Crippen LogP contribution is 2.30. The zero-order valence-corrected chi connectivity index (χ0v) is 12.1. The number of benzene rings is 1. The topological polar surface area (TPSA) is 92.3 Å². The van der Waals surface area contributed by atoms with Gasteiger partial charge in [-0.05, 0) is 25.1 Å². The van der Waals surface area contributed by atoms with Crippen LogP contribution in [0.15, 0.2) is 33.7 Å². The first-order valence-corrected chi connectivity index (χ1v) is 6.57. The van der Waals surface area contributed by atoms with Crippen molar-refractivity contribution in [2.75, 3.05) is 6.61 Å². The number of hydrogen-bond acceptors (Lipinski definition) is 4. The number of aromatic nitrogens is 2. The van der Waals surface area contributed by atoms with Crippen molar-refractivity contribution in [3.63, 3.8) is 0 Å². The molecule has 6 nitrogen and oxygen atoms in total. The molecule has 0 fully saturated rings. The van der Waals surface area contributed by atoms with Crippen LogP contribution < -0.4 is 10.3 Å². The van der Waals surface area contributed by atoms with Crippen molar-refractivity contribution in [2.24, 2.45) is 0 Å². The summed E-state index contributed by atoms with van der Waals surface area (Å²) in [6, 6.07) is 5.29. The first kappa shape index (κ1) is 14.3. The van der Waals surface area contributed by atoms with E-state index in [1.54, 1.807) is 18.2 Å². The van der Waals surface area contributed by atoms with Gasteiger partial charge in [0.15, 0.2) is 0 Å². The SMILES string of the molecule is CCOc1ccc(Br)cc1-c1ncc(C(=O)O)c(=O)[nH]1. The van der Waals surface area contributed by atoms with E-state index in [0.29, 0.717) is 17.9 Å². The summed E-state index contributed by atoms with van der Waals surface area (Å²) in [5, 5.41) is 8.82. The van der Waals surface area contributed by atoms with Crippen LogP contribution in [0.4, 0.5) is 0 Å². The lowest BCUT2D eigenvalue weighted by Gasteiger charge is -2.10. The Balaban J connectivity index is 2.56. The van der Waals surface area contributed by atoms with Crippen molar-refractivity contribution in [3.05, 3.63) is 44.8 Å². The molecule has 0 unspecified atom stereocenters. The Morgan fingerprint density at radius 3 is 2.85 bits per heavy atom. The predicted octanol–water partition coefficient (Wildman–Crippen LogP) is 2.30. The van der Waals surface area contributed by atoms with Crippen LogP contribution >= 0.6 is 15.9 Å². The second-order valence-electron chi connectivity index (χ2n) is 3.85. The zero-order valence-electron chi connectivity index (χ0n) is 10.5. The number of aromatic amines is 1. The van der Waals surface area contributed by atoms with Crippen LogP contribution in [0, 0.1) is 0 Å². The van der Waals surface area contributed by atoms with Gasteiger partial charge in [0.25, 0.3) is 5.56 Å². The van der Waals surface area contributed by atoms with Crippen LogP contribution in [-0.2, 0) is 0 Å². The van der Waals surface area contributed by atoms with Gasteiger partial charge in [0.05, 0.1) is 12.2 Å². The van der Waals surface area contributed by atoms with E-state index in [1.807, 2.05) is 6.92 Å². The van der Waals surface area contributed by atoms with Gasteiger partial charge in [-0.25, -0.2) is 9.78 Å². The lowest BCUT2D eigenvalue weighted by molar-refractivity contribution is 0.0694. The van der Waals surface area contributed by atoms with Gasteiger partial charge in [0.1, 0.15) is 17.1 Å². The lowest BCUT2D eigenvalue weighted by atomic mass is 10.2. The average Bonchev–Trinajstić information content (AvgIpc) is 2.40. The Morgan fingerprint density at radius 1 is 1.50 bits per heavy atom. The number of hydrogen-bond donors (Lipinski definition) is 2. The van der Waals surface area contributed by atoms with Gasteiger partial charge in [-0.1, -0.05) is 15.9 Å². The second-order valence-corrected chi connectivity index (χ2v) is 4.77. The molecule has 1 aromatic carbocycles. The molecule has 0 aliphatic carbocycles. The molecule has 0 aliphatic rings. The third-order valence-electron chi connectivity index (χ3n) is 2.53. The summed E-state index contributed by atoms with van der Waals surface area (Å²) in [7, 11) is 0. The van der Waals surface area contributed by atoms with E-state index in [1.165, 1.54) is 0 Å². The van der Waals surface area contributed by atoms with Crippen LogP contribution in [0.2, 0.25) is 0 Å². The summed E-state index contributed by atoms with van der Waals surface area (Å²) in [4.78, 5) is 28.9. The van der Waals surface area contributed by atoms with Crippen LogP contribution in [0.3, 0.4) is 0 Å². The number of carbonyl (C=O) groups is 1. The molecular weight excluding hydrogens is 328 g/mol. The number of rotatable bonds is 4. The molecule has 1 heterocycles. The molecule has 0 amide bonds. The van der Waals surface area contributed by atoms with Crippen molar-refractivity contribution in [3.8, 4) is 17.1 Å². The maximum absolute atomic E-state index is 11.7. The fraction of sp³-hybridized carbons (Fsp3) is 0.154. The monoisotopic (exact) mass is 338 g/mol. The number of H-pyrrole nitrogens is 1. The molecular formula is C13H11BrN2O4. The summed E-state index contributed by atoms with van der Waals surface area (Å²) in [5.41, 5.74) is -0.526. The van der Waals surface area contributed by atoms with Crippen molar-refractivity contribution in [1.29, 1.82) is 0 Å². The van der Waals surface area contributed by atoms with E-state index in [4.69, 9.17) is 9.84 Å². The third-order valence-corrected chi connectivity index (χ3v) is 3.02. The number of aromatic carboxylic acids is 1. The van der Waals surface area contributed by atoms with E-state index >= 15 is 0 Å². The molecule has 0 atom stereocenters. The largest absolute Gasteiger partial charge is 0.493 e. The minimum Gasteiger partial charge on any atom is -0.493 e. The number of ether oxygens (including phenoxy) is 1. The molecule has 0 bridgehead atoms. The Kier molecular flexibility index (Phi) is 4.19. The van der Waals surface area contributed by atoms with Gasteiger partial charge < -0.3 is 14.8 Å². The molecule has 0 saturated heterocycles. The van der Waals surface area contributed by atoms with Gasteiger partial charge >= 0.3 is 5.97 Å². The summed E-state index contributed by atoms with van der Waals surface area (Å²) >= 11 is 3.33. The molecule has 104 valence electrons. The molecule has 1 aromatic heterocycles. The number of nitrogens with zero attached hydrogens (tertiary/aromatic N) is 1. The van der Waals surface area contributed by atoms with E-state index in [0.717, 1.165) is 10.7 Å². The second kappa shape index (κ2) is 5.87. The predicted molar refractivity (Wildman–Crippen MR) is 76.1 cm³/mol. The minimum atomic E-state index is -1.32. The number of halogens is 1. The molecule has 0 radical (unpaired) electrons. The van der Waals surface area contributed by atoms with Crippen LogP contribution in [0.25, 0.3) is 11.4 Å². The normalized spacial score (nSPS) is 10.3. The van der Waals surface area contributed by atoms with Crippen LogP contribution in [0.1, 0.15) is 17.3 Å². The van der Waals surface area contributed by atoms with Crippen LogP contribution in [-0.4, -0.2) is 27.7 Å². The van der Waals surface area contributed by atoms with Gasteiger partial charge in [0, 0.05) is 10.7 Å². The van der Waals surface area contributed by atoms with Gasteiger partial charge in [-0.15, -0.1) is 0 Å². The Bertz CT molecular complexity index is 712. The van der Waals surface area contributed by atoms with Crippen molar-refractivity contribution >= 4 is 21.9 Å². The van der Waals surface area contributed by atoms with E-state index < -0.39 is 17.1 Å². The third kappa shape index (κ3) is 2.88. The minimum absolute atomic E-state index is 0.254. The highest BCUT2D eigenvalue weighted by atomic mass is 79.9. The smallest absolute Gasteiger partial charge is 0.342 e. The molecule has 2 rings (SSSR count). The lowest BCUT2D eigenvalue weighted by Crippen LogP contribution is -2.18. The first-order valence-electron chi connectivity index (χ1n) is 5.78. The van der Waals surface area contributed by atoms with E-state index in [9.17, 15) is 9.59 Å². The quantitative estimate of drug-likeness (QED) is 0.892. The molecule has 7 heteroatoms. The number of carboxylic acids is 1. The number of nitrogens with one attached hydrogen (secondary N) is 1. The molecule has 2 aromatic rings. The van der Waals surface area contributed by atoms with Crippen LogP contribution in [0.5, 0.6) is 5.75 Å². The molecule has 0 spiro atoms.